The lowest BCUT2D eigenvalue weighted by Gasteiger charge is -2.11. The lowest BCUT2D eigenvalue weighted by atomic mass is 10.1. The zero-order valence-electron chi connectivity index (χ0n) is 15.0. The maximum Gasteiger partial charge on any atom is 0.305 e. The first kappa shape index (κ1) is 23.6. The average Bonchev–Trinajstić information content (AvgIpc) is 2.58. The van der Waals surface area contributed by atoms with Gasteiger partial charge >= 0.3 is 5.97 Å². The molecule has 25 heavy (non-hydrogen) atoms. The SMILES string of the molecule is CCNC(=NCc1cccc(F)c1)NCCCCCCC(=O)OC.I. The minimum atomic E-state index is -0.243. The van der Waals surface area contributed by atoms with Crippen LogP contribution in [0.25, 0.3) is 0 Å². The number of hydrogen-bond acceptors (Lipinski definition) is 3. The number of benzene rings is 1. The van der Waals surface area contributed by atoms with E-state index in [1.165, 1.54) is 19.2 Å². The van der Waals surface area contributed by atoms with Gasteiger partial charge in [-0.1, -0.05) is 25.0 Å². The third-order valence-corrected chi connectivity index (χ3v) is 3.48. The van der Waals surface area contributed by atoms with Gasteiger partial charge in [-0.2, -0.15) is 0 Å². The van der Waals surface area contributed by atoms with Crippen LogP contribution in [0.1, 0.15) is 44.6 Å². The van der Waals surface area contributed by atoms with Gasteiger partial charge in [0, 0.05) is 19.5 Å². The van der Waals surface area contributed by atoms with Gasteiger partial charge in [0.15, 0.2) is 5.96 Å². The van der Waals surface area contributed by atoms with Gasteiger partial charge in [0.1, 0.15) is 5.82 Å². The van der Waals surface area contributed by atoms with Gasteiger partial charge in [0.05, 0.1) is 13.7 Å². The molecule has 0 saturated carbocycles. The second-order valence-electron chi connectivity index (χ2n) is 5.49. The number of unbranched alkanes of at least 4 members (excludes halogenated alkanes) is 3. The van der Waals surface area contributed by atoms with Crippen LogP contribution in [0.3, 0.4) is 0 Å². The fraction of sp³-hybridized carbons (Fsp3) is 0.556. The fourth-order valence-electron chi connectivity index (χ4n) is 2.20. The maximum atomic E-state index is 13.2. The van der Waals surface area contributed by atoms with Gasteiger partial charge in [-0.3, -0.25) is 4.79 Å². The third kappa shape index (κ3) is 11.7. The predicted octanol–water partition coefficient (Wildman–Crippen LogP) is 3.62. The Balaban J connectivity index is 0.00000576. The summed E-state index contributed by atoms with van der Waals surface area (Å²) in [5.41, 5.74) is 0.843. The van der Waals surface area contributed by atoms with Gasteiger partial charge in [-0.05, 0) is 37.5 Å². The molecule has 7 heteroatoms. The van der Waals surface area contributed by atoms with Gasteiger partial charge in [0.2, 0.25) is 0 Å². The molecule has 0 fully saturated rings. The first-order chi connectivity index (χ1) is 11.7. The van der Waals surface area contributed by atoms with Crippen molar-refractivity contribution in [3.05, 3.63) is 35.6 Å². The number of methoxy groups -OCH3 is 1. The molecule has 1 aromatic rings. The Kier molecular flexibility index (Phi) is 14.1. The Morgan fingerprint density at radius 2 is 1.96 bits per heavy atom. The Hall–Kier alpha value is -1.38. The Morgan fingerprint density at radius 1 is 1.20 bits per heavy atom. The molecule has 0 unspecified atom stereocenters. The summed E-state index contributed by atoms with van der Waals surface area (Å²) >= 11 is 0. The molecule has 0 saturated heterocycles. The predicted molar refractivity (Wildman–Crippen MR) is 110 cm³/mol. The van der Waals surface area contributed by atoms with Crippen molar-refractivity contribution in [2.24, 2.45) is 4.99 Å². The highest BCUT2D eigenvalue weighted by molar-refractivity contribution is 14.0. The summed E-state index contributed by atoms with van der Waals surface area (Å²) in [5, 5.41) is 6.45. The highest BCUT2D eigenvalue weighted by Gasteiger charge is 2.00. The summed E-state index contributed by atoms with van der Waals surface area (Å²) in [6.07, 6.45) is 4.41. The van der Waals surface area contributed by atoms with E-state index in [4.69, 9.17) is 0 Å². The molecule has 0 aliphatic rings. The molecule has 0 bridgehead atoms. The van der Waals surface area contributed by atoms with Crippen LogP contribution < -0.4 is 10.6 Å². The number of rotatable bonds is 10. The second kappa shape index (κ2) is 14.9. The fourth-order valence-corrected chi connectivity index (χ4v) is 2.20. The van der Waals surface area contributed by atoms with E-state index < -0.39 is 0 Å². The van der Waals surface area contributed by atoms with Crippen LogP contribution in [0.15, 0.2) is 29.3 Å². The molecule has 0 radical (unpaired) electrons. The molecule has 0 atom stereocenters. The smallest absolute Gasteiger partial charge is 0.305 e. The number of aliphatic imine (C=N–C) groups is 1. The summed E-state index contributed by atoms with van der Waals surface area (Å²) in [6.45, 7) is 4.03. The molecule has 1 aromatic carbocycles. The van der Waals surface area contributed by atoms with Crippen LogP contribution in [0.4, 0.5) is 4.39 Å². The van der Waals surface area contributed by atoms with E-state index in [1.54, 1.807) is 6.07 Å². The van der Waals surface area contributed by atoms with Gasteiger partial charge in [0.25, 0.3) is 0 Å². The number of halogens is 2. The van der Waals surface area contributed by atoms with E-state index in [-0.39, 0.29) is 35.8 Å². The number of nitrogens with one attached hydrogen (secondary N) is 2. The normalized spacial score (nSPS) is 10.8. The number of carbonyl (C=O) groups is 1. The van der Waals surface area contributed by atoms with Crippen molar-refractivity contribution in [3.63, 3.8) is 0 Å². The van der Waals surface area contributed by atoms with Gasteiger partial charge in [-0.15, -0.1) is 24.0 Å². The summed E-state index contributed by atoms with van der Waals surface area (Å²) < 4.78 is 17.8. The molecule has 142 valence electrons. The number of ether oxygens (including phenoxy) is 1. The Morgan fingerprint density at radius 3 is 2.64 bits per heavy atom. The van der Waals surface area contributed by atoms with E-state index in [9.17, 15) is 9.18 Å². The topological polar surface area (TPSA) is 62.7 Å². The van der Waals surface area contributed by atoms with Crippen molar-refractivity contribution in [2.75, 3.05) is 20.2 Å². The molecule has 0 aromatic heterocycles. The summed E-state index contributed by atoms with van der Waals surface area (Å²) in [5.74, 6) is 0.343. The largest absolute Gasteiger partial charge is 0.469 e. The molecular formula is C18H29FIN3O2. The monoisotopic (exact) mass is 465 g/mol. The molecule has 0 heterocycles. The zero-order chi connectivity index (χ0) is 17.6. The standard InChI is InChI=1S/C18H28FN3O2.HI/c1-3-20-18(22-14-15-9-8-10-16(19)13-15)21-12-7-5-4-6-11-17(23)24-2;/h8-10,13H,3-7,11-12,14H2,1-2H3,(H2,20,21,22);1H. The summed E-state index contributed by atoms with van der Waals surface area (Å²) in [6, 6.07) is 6.47. The van der Waals surface area contributed by atoms with Crippen LogP contribution >= 0.6 is 24.0 Å². The van der Waals surface area contributed by atoms with E-state index in [0.29, 0.717) is 13.0 Å². The zero-order valence-corrected chi connectivity index (χ0v) is 17.3. The minimum Gasteiger partial charge on any atom is -0.469 e. The summed E-state index contributed by atoms with van der Waals surface area (Å²) in [7, 11) is 1.41. The second-order valence-corrected chi connectivity index (χ2v) is 5.49. The van der Waals surface area contributed by atoms with E-state index in [1.807, 2.05) is 13.0 Å². The number of esters is 1. The molecule has 2 N–H and O–H groups in total. The number of guanidine groups is 1. The molecule has 0 spiro atoms. The molecular weight excluding hydrogens is 436 g/mol. The van der Waals surface area contributed by atoms with Crippen LogP contribution in [0.2, 0.25) is 0 Å². The molecule has 0 aliphatic carbocycles. The first-order valence-electron chi connectivity index (χ1n) is 8.49. The maximum absolute atomic E-state index is 13.2. The van der Waals surface area contributed by atoms with Crippen molar-refractivity contribution in [2.45, 2.75) is 45.6 Å². The minimum absolute atomic E-state index is 0. The lowest BCUT2D eigenvalue weighted by Crippen LogP contribution is -2.37. The Bertz CT molecular complexity index is 527. The first-order valence-corrected chi connectivity index (χ1v) is 8.49. The quantitative estimate of drug-likeness (QED) is 0.182. The van der Waals surface area contributed by atoms with Crippen LogP contribution in [-0.2, 0) is 16.1 Å². The lowest BCUT2D eigenvalue weighted by molar-refractivity contribution is -0.140. The van der Waals surface area contributed by atoms with Crippen molar-refractivity contribution < 1.29 is 13.9 Å². The number of nitrogens with zero attached hydrogens (tertiary/aromatic N) is 1. The molecule has 0 amide bonds. The van der Waals surface area contributed by atoms with Crippen LogP contribution in [-0.4, -0.2) is 32.1 Å². The van der Waals surface area contributed by atoms with Crippen molar-refractivity contribution >= 4 is 35.9 Å². The summed E-state index contributed by atoms with van der Waals surface area (Å²) in [4.78, 5) is 15.4. The van der Waals surface area contributed by atoms with Crippen molar-refractivity contribution in [1.82, 2.24) is 10.6 Å². The van der Waals surface area contributed by atoms with E-state index in [2.05, 4.69) is 20.4 Å². The van der Waals surface area contributed by atoms with Crippen LogP contribution in [0, 0.1) is 5.82 Å². The van der Waals surface area contributed by atoms with Crippen molar-refractivity contribution in [3.8, 4) is 0 Å². The van der Waals surface area contributed by atoms with Gasteiger partial charge < -0.3 is 15.4 Å². The molecule has 1 rings (SSSR count). The van der Waals surface area contributed by atoms with E-state index in [0.717, 1.165) is 50.3 Å². The number of carbonyl (C=O) groups excluding carboxylic acids is 1. The Labute approximate surface area is 166 Å². The number of hydrogen-bond donors (Lipinski definition) is 2. The van der Waals surface area contributed by atoms with E-state index >= 15 is 0 Å². The molecule has 0 aliphatic heterocycles. The van der Waals surface area contributed by atoms with Gasteiger partial charge in [-0.25, -0.2) is 9.38 Å². The third-order valence-electron chi connectivity index (χ3n) is 3.48. The highest BCUT2D eigenvalue weighted by Crippen LogP contribution is 2.05. The average molecular weight is 465 g/mol. The van der Waals surface area contributed by atoms with Crippen LogP contribution in [0.5, 0.6) is 0 Å². The highest BCUT2D eigenvalue weighted by atomic mass is 127. The molecule has 5 nitrogen and oxygen atoms in total. The van der Waals surface area contributed by atoms with Crippen molar-refractivity contribution in [1.29, 1.82) is 0 Å².